The highest BCUT2D eigenvalue weighted by Crippen LogP contribution is 2.23. The van der Waals surface area contributed by atoms with E-state index in [1.807, 2.05) is 6.07 Å². The number of aryl methyl sites for hydroxylation is 1. The molecule has 2 heteroatoms. The summed E-state index contributed by atoms with van der Waals surface area (Å²) in [6, 6.07) is 6.31. The molecular formula is C13H16BrN. The van der Waals surface area contributed by atoms with E-state index in [1.54, 1.807) is 0 Å². The van der Waals surface area contributed by atoms with Crippen molar-refractivity contribution in [3.8, 4) is 12.3 Å². The van der Waals surface area contributed by atoms with Crippen molar-refractivity contribution < 1.29 is 0 Å². The van der Waals surface area contributed by atoms with Gasteiger partial charge in [0, 0.05) is 16.9 Å². The van der Waals surface area contributed by atoms with Crippen molar-refractivity contribution in [1.82, 2.24) is 0 Å². The summed E-state index contributed by atoms with van der Waals surface area (Å²) in [7, 11) is 0. The standard InChI is InChI=1S/C13H16BrN/c1-3-4-5-6-13(15)12-9-11(14)8-7-10(12)2/h1,7-9,13H,4-6,15H2,2H3. The minimum atomic E-state index is 0.0934. The van der Waals surface area contributed by atoms with E-state index in [4.69, 9.17) is 12.2 Å². The molecule has 0 spiro atoms. The molecule has 0 saturated heterocycles. The van der Waals surface area contributed by atoms with Crippen molar-refractivity contribution in [3.05, 3.63) is 33.8 Å². The summed E-state index contributed by atoms with van der Waals surface area (Å²) in [4.78, 5) is 0. The molecule has 0 bridgehead atoms. The van der Waals surface area contributed by atoms with Gasteiger partial charge in [0.15, 0.2) is 0 Å². The highest BCUT2D eigenvalue weighted by Gasteiger charge is 2.08. The summed E-state index contributed by atoms with van der Waals surface area (Å²) in [6.07, 6.45) is 7.95. The van der Waals surface area contributed by atoms with Crippen molar-refractivity contribution in [2.45, 2.75) is 32.2 Å². The van der Waals surface area contributed by atoms with Gasteiger partial charge < -0.3 is 5.73 Å². The van der Waals surface area contributed by atoms with E-state index in [0.29, 0.717) is 0 Å². The Morgan fingerprint density at radius 1 is 1.53 bits per heavy atom. The summed E-state index contributed by atoms with van der Waals surface area (Å²) >= 11 is 3.46. The Bertz CT molecular complexity index is 365. The van der Waals surface area contributed by atoms with Crippen molar-refractivity contribution >= 4 is 15.9 Å². The Morgan fingerprint density at radius 3 is 2.93 bits per heavy atom. The Hall–Kier alpha value is -0.780. The van der Waals surface area contributed by atoms with Crippen LogP contribution in [0, 0.1) is 19.3 Å². The van der Waals surface area contributed by atoms with Crippen LogP contribution in [0.4, 0.5) is 0 Å². The first-order valence-electron chi connectivity index (χ1n) is 5.10. The largest absolute Gasteiger partial charge is 0.324 e. The van der Waals surface area contributed by atoms with Crippen molar-refractivity contribution in [1.29, 1.82) is 0 Å². The van der Waals surface area contributed by atoms with Gasteiger partial charge in [0.1, 0.15) is 0 Å². The van der Waals surface area contributed by atoms with Gasteiger partial charge in [0.25, 0.3) is 0 Å². The van der Waals surface area contributed by atoms with E-state index in [-0.39, 0.29) is 6.04 Å². The third-order valence-electron chi connectivity index (χ3n) is 2.48. The lowest BCUT2D eigenvalue weighted by Gasteiger charge is -2.14. The topological polar surface area (TPSA) is 26.0 Å². The third kappa shape index (κ3) is 3.70. The maximum atomic E-state index is 6.12. The number of unbranched alkanes of at least 4 members (excludes halogenated alkanes) is 1. The minimum Gasteiger partial charge on any atom is -0.324 e. The molecule has 2 N–H and O–H groups in total. The van der Waals surface area contributed by atoms with Gasteiger partial charge in [-0.1, -0.05) is 22.0 Å². The molecule has 1 aromatic carbocycles. The molecule has 0 heterocycles. The van der Waals surface area contributed by atoms with Crippen LogP contribution in [0.15, 0.2) is 22.7 Å². The van der Waals surface area contributed by atoms with Crippen LogP contribution < -0.4 is 5.73 Å². The van der Waals surface area contributed by atoms with Crippen molar-refractivity contribution in [2.24, 2.45) is 5.73 Å². The second kappa shape index (κ2) is 5.95. The SMILES string of the molecule is C#CCCCC(N)c1cc(Br)ccc1C. The Morgan fingerprint density at radius 2 is 2.27 bits per heavy atom. The molecule has 0 amide bonds. The molecule has 80 valence electrons. The Balaban J connectivity index is 2.69. The van der Waals surface area contributed by atoms with Gasteiger partial charge >= 0.3 is 0 Å². The molecule has 0 radical (unpaired) electrons. The van der Waals surface area contributed by atoms with Gasteiger partial charge in [0.2, 0.25) is 0 Å². The zero-order valence-electron chi connectivity index (χ0n) is 8.96. The van der Waals surface area contributed by atoms with Crippen LogP contribution >= 0.6 is 15.9 Å². The summed E-state index contributed by atoms with van der Waals surface area (Å²) in [5.41, 5.74) is 8.57. The molecule has 15 heavy (non-hydrogen) atoms. The average Bonchev–Trinajstić information content (AvgIpc) is 2.22. The number of hydrogen-bond acceptors (Lipinski definition) is 1. The third-order valence-corrected chi connectivity index (χ3v) is 2.97. The normalized spacial score (nSPS) is 12.1. The molecule has 1 nitrogen and oxygen atoms in total. The predicted molar refractivity (Wildman–Crippen MR) is 68.5 cm³/mol. The lowest BCUT2D eigenvalue weighted by molar-refractivity contribution is 0.618. The molecule has 0 aromatic heterocycles. The number of terminal acetylenes is 1. The molecule has 0 saturated carbocycles. The summed E-state index contributed by atoms with van der Waals surface area (Å²) in [6.45, 7) is 2.09. The van der Waals surface area contributed by atoms with E-state index in [9.17, 15) is 0 Å². The molecule has 1 rings (SSSR count). The smallest absolute Gasteiger partial charge is 0.0298 e. The highest BCUT2D eigenvalue weighted by atomic mass is 79.9. The van der Waals surface area contributed by atoms with Crippen LogP contribution in [-0.2, 0) is 0 Å². The van der Waals surface area contributed by atoms with Gasteiger partial charge in [-0.05, 0) is 43.0 Å². The second-order valence-electron chi connectivity index (χ2n) is 3.70. The van der Waals surface area contributed by atoms with Crippen LogP contribution in [0.25, 0.3) is 0 Å². The lowest BCUT2D eigenvalue weighted by atomic mass is 9.98. The number of halogens is 1. The van der Waals surface area contributed by atoms with Gasteiger partial charge in [-0.3, -0.25) is 0 Å². The van der Waals surface area contributed by atoms with Crippen LogP contribution in [0.5, 0.6) is 0 Å². The van der Waals surface area contributed by atoms with E-state index in [0.717, 1.165) is 23.7 Å². The first kappa shape index (κ1) is 12.3. The van der Waals surface area contributed by atoms with E-state index < -0.39 is 0 Å². The quantitative estimate of drug-likeness (QED) is 0.654. The van der Waals surface area contributed by atoms with Gasteiger partial charge in [-0.15, -0.1) is 12.3 Å². The molecule has 1 atom stereocenters. The highest BCUT2D eigenvalue weighted by molar-refractivity contribution is 9.10. The first-order valence-corrected chi connectivity index (χ1v) is 5.89. The number of rotatable bonds is 4. The molecule has 0 fully saturated rings. The van der Waals surface area contributed by atoms with Gasteiger partial charge in [0.05, 0.1) is 0 Å². The minimum absolute atomic E-state index is 0.0934. The fourth-order valence-corrected chi connectivity index (χ4v) is 1.97. The van der Waals surface area contributed by atoms with Crippen LogP contribution in [0.3, 0.4) is 0 Å². The number of benzene rings is 1. The number of nitrogens with two attached hydrogens (primary N) is 1. The van der Waals surface area contributed by atoms with E-state index >= 15 is 0 Å². The number of hydrogen-bond donors (Lipinski definition) is 1. The van der Waals surface area contributed by atoms with E-state index in [2.05, 4.69) is 40.9 Å². The fourth-order valence-electron chi connectivity index (χ4n) is 1.59. The van der Waals surface area contributed by atoms with Gasteiger partial charge in [-0.25, -0.2) is 0 Å². The summed E-state index contributed by atoms with van der Waals surface area (Å²) in [5.74, 6) is 2.64. The van der Waals surface area contributed by atoms with Crippen LogP contribution in [0.1, 0.15) is 36.4 Å². The molecule has 1 aromatic rings. The summed E-state index contributed by atoms with van der Waals surface area (Å²) in [5, 5.41) is 0. The fraction of sp³-hybridized carbons (Fsp3) is 0.385. The molecule has 0 aliphatic rings. The molecule has 0 aliphatic carbocycles. The van der Waals surface area contributed by atoms with Crippen LogP contribution in [0.2, 0.25) is 0 Å². The van der Waals surface area contributed by atoms with Crippen LogP contribution in [-0.4, -0.2) is 0 Å². The predicted octanol–water partition coefficient (Wildman–Crippen LogP) is 3.56. The zero-order valence-corrected chi connectivity index (χ0v) is 10.5. The Kier molecular flexibility index (Phi) is 4.87. The first-order chi connectivity index (χ1) is 7.15. The maximum absolute atomic E-state index is 6.12. The maximum Gasteiger partial charge on any atom is 0.0298 e. The Labute approximate surface area is 100 Å². The monoisotopic (exact) mass is 265 g/mol. The van der Waals surface area contributed by atoms with Gasteiger partial charge in [-0.2, -0.15) is 0 Å². The van der Waals surface area contributed by atoms with E-state index in [1.165, 1.54) is 11.1 Å². The molecule has 0 aliphatic heterocycles. The van der Waals surface area contributed by atoms with Crippen molar-refractivity contribution in [3.63, 3.8) is 0 Å². The molecular weight excluding hydrogens is 250 g/mol. The second-order valence-corrected chi connectivity index (χ2v) is 4.62. The lowest BCUT2D eigenvalue weighted by Crippen LogP contribution is -2.11. The average molecular weight is 266 g/mol. The summed E-state index contributed by atoms with van der Waals surface area (Å²) < 4.78 is 1.08. The zero-order chi connectivity index (χ0) is 11.3. The molecule has 1 unspecified atom stereocenters. The van der Waals surface area contributed by atoms with Crippen molar-refractivity contribution in [2.75, 3.05) is 0 Å².